The van der Waals surface area contributed by atoms with Gasteiger partial charge in [-0.25, -0.2) is 4.98 Å². The van der Waals surface area contributed by atoms with E-state index in [1.54, 1.807) is 6.20 Å². The van der Waals surface area contributed by atoms with Gasteiger partial charge in [-0.05, 0) is 13.0 Å². The summed E-state index contributed by atoms with van der Waals surface area (Å²) in [5.41, 5.74) is 1.64. The number of hydrogen-bond acceptors (Lipinski definition) is 6. The van der Waals surface area contributed by atoms with E-state index in [-0.39, 0.29) is 5.69 Å². The summed E-state index contributed by atoms with van der Waals surface area (Å²) in [4.78, 5) is 4.12. The molecule has 0 unspecified atom stereocenters. The fraction of sp³-hybridized carbons (Fsp3) is 0.143. The molecule has 98 valence electrons. The van der Waals surface area contributed by atoms with Crippen molar-refractivity contribution in [2.75, 3.05) is 5.32 Å². The van der Waals surface area contributed by atoms with Crippen molar-refractivity contribution in [3.05, 3.63) is 47.8 Å². The predicted molar refractivity (Wildman–Crippen MR) is 72.8 cm³/mol. The first-order chi connectivity index (χ1) is 9.78. The summed E-state index contributed by atoms with van der Waals surface area (Å²) in [7, 11) is 0. The number of nitrogens with one attached hydrogen (secondary N) is 1. The Bertz CT molecular complexity index is 803. The number of hydrogen-bond donors (Lipinski definition) is 1. The van der Waals surface area contributed by atoms with Crippen LogP contribution in [0, 0.1) is 18.3 Å². The number of oxazole rings is 1. The van der Waals surface area contributed by atoms with E-state index in [2.05, 4.69) is 20.5 Å². The zero-order chi connectivity index (χ0) is 13.9. The van der Waals surface area contributed by atoms with Crippen molar-refractivity contribution in [2.45, 2.75) is 13.5 Å². The van der Waals surface area contributed by atoms with Crippen LogP contribution < -0.4 is 5.32 Å². The summed E-state index contributed by atoms with van der Waals surface area (Å²) in [5, 5.41) is 21.1. The third kappa shape index (κ3) is 2.17. The van der Waals surface area contributed by atoms with Gasteiger partial charge in [0.1, 0.15) is 11.8 Å². The molecule has 0 saturated carbocycles. The first kappa shape index (κ1) is 12.1. The minimum atomic E-state index is 0.256. The molecule has 6 nitrogen and oxygen atoms in total. The normalized spacial score (nSPS) is 10.4. The topological polar surface area (TPSA) is 87.6 Å². The number of aromatic nitrogens is 3. The molecule has 0 radical (unpaired) electrons. The molecule has 1 N–H and O–H groups in total. The van der Waals surface area contributed by atoms with E-state index >= 15 is 0 Å². The Morgan fingerprint density at radius 3 is 2.90 bits per heavy atom. The summed E-state index contributed by atoms with van der Waals surface area (Å²) < 4.78 is 5.40. The molecule has 20 heavy (non-hydrogen) atoms. The third-order valence-electron chi connectivity index (χ3n) is 2.86. The number of rotatable bonds is 3. The lowest BCUT2D eigenvalue weighted by molar-refractivity contribution is 0.479. The standard InChI is InChI=1S/C14H11N5O/c1-9-7-16-13(20-9)8-17-14-10-4-2-3-5-11(10)18-19-12(14)6-15/h2-5,7H,8H2,1H3,(H,17,18). The number of fused-ring (bicyclic) bond motifs is 1. The highest BCUT2D eigenvalue weighted by Crippen LogP contribution is 2.24. The van der Waals surface area contributed by atoms with Crippen LogP contribution in [0.3, 0.4) is 0 Å². The van der Waals surface area contributed by atoms with E-state index in [1.165, 1.54) is 0 Å². The molecule has 1 aromatic carbocycles. The molecule has 3 rings (SSSR count). The molecule has 0 atom stereocenters. The summed E-state index contributed by atoms with van der Waals surface area (Å²) in [6, 6.07) is 9.56. The molecule has 0 aliphatic rings. The summed E-state index contributed by atoms with van der Waals surface area (Å²) in [6.07, 6.45) is 1.66. The van der Waals surface area contributed by atoms with Gasteiger partial charge in [0.05, 0.1) is 23.9 Å². The summed E-state index contributed by atoms with van der Waals surface area (Å²) in [5.74, 6) is 1.31. The average Bonchev–Trinajstić information content (AvgIpc) is 2.90. The van der Waals surface area contributed by atoms with Gasteiger partial charge in [-0.2, -0.15) is 5.26 Å². The van der Waals surface area contributed by atoms with Gasteiger partial charge in [0.25, 0.3) is 0 Å². The molecule has 3 aromatic rings. The van der Waals surface area contributed by atoms with Gasteiger partial charge in [0.15, 0.2) is 5.69 Å². The minimum absolute atomic E-state index is 0.256. The molecule has 2 heterocycles. The van der Waals surface area contributed by atoms with Crippen molar-refractivity contribution in [1.82, 2.24) is 15.2 Å². The Morgan fingerprint density at radius 2 is 2.15 bits per heavy atom. The van der Waals surface area contributed by atoms with Crippen molar-refractivity contribution in [3.8, 4) is 6.07 Å². The van der Waals surface area contributed by atoms with Crippen LogP contribution in [0.25, 0.3) is 10.9 Å². The molecule has 6 heteroatoms. The van der Waals surface area contributed by atoms with Crippen LogP contribution in [-0.4, -0.2) is 15.2 Å². The molecule has 2 aromatic heterocycles. The highest BCUT2D eigenvalue weighted by Gasteiger charge is 2.11. The van der Waals surface area contributed by atoms with E-state index in [0.717, 1.165) is 16.7 Å². The van der Waals surface area contributed by atoms with Crippen LogP contribution >= 0.6 is 0 Å². The van der Waals surface area contributed by atoms with Crippen LogP contribution in [0.2, 0.25) is 0 Å². The maximum Gasteiger partial charge on any atom is 0.213 e. The van der Waals surface area contributed by atoms with Crippen molar-refractivity contribution in [3.63, 3.8) is 0 Å². The second-order valence-corrected chi connectivity index (χ2v) is 4.27. The molecule has 0 saturated heterocycles. The Morgan fingerprint density at radius 1 is 1.30 bits per heavy atom. The molecule has 0 aliphatic carbocycles. The Labute approximate surface area is 115 Å². The molecular formula is C14H11N5O. The van der Waals surface area contributed by atoms with Crippen molar-refractivity contribution in [2.24, 2.45) is 0 Å². The molecular weight excluding hydrogens is 254 g/mol. The quantitative estimate of drug-likeness (QED) is 0.782. The highest BCUT2D eigenvalue weighted by atomic mass is 16.4. The lowest BCUT2D eigenvalue weighted by atomic mass is 10.1. The lowest BCUT2D eigenvalue weighted by Gasteiger charge is -2.08. The van der Waals surface area contributed by atoms with Crippen LogP contribution in [0.4, 0.5) is 5.69 Å². The highest BCUT2D eigenvalue weighted by molar-refractivity contribution is 5.92. The third-order valence-corrected chi connectivity index (χ3v) is 2.86. The number of nitriles is 1. The second kappa shape index (κ2) is 4.97. The first-order valence-electron chi connectivity index (χ1n) is 6.08. The van der Waals surface area contributed by atoms with Gasteiger partial charge in [-0.3, -0.25) is 0 Å². The van der Waals surface area contributed by atoms with Gasteiger partial charge >= 0.3 is 0 Å². The van der Waals surface area contributed by atoms with Crippen molar-refractivity contribution < 1.29 is 4.42 Å². The van der Waals surface area contributed by atoms with Gasteiger partial charge in [-0.15, -0.1) is 10.2 Å². The molecule has 0 spiro atoms. The summed E-state index contributed by atoms with van der Waals surface area (Å²) in [6.45, 7) is 2.22. The van der Waals surface area contributed by atoms with Crippen molar-refractivity contribution >= 4 is 16.6 Å². The minimum Gasteiger partial charge on any atom is -0.444 e. The average molecular weight is 265 g/mol. The fourth-order valence-electron chi connectivity index (χ4n) is 1.96. The molecule has 0 aliphatic heterocycles. The summed E-state index contributed by atoms with van der Waals surface area (Å²) >= 11 is 0. The second-order valence-electron chi connectivity index (χ2n) is 4.27. The Balaban J connectivity index is 1.98. The lowest BCUT2D eigenvalue weighted by Crippen LogP contribution is -2.04. The monoisotopic (exact) mass is 265 g/mol. The maximum absolute atomic E-state index is 9.15. The fourth-order valence-corrected chi connectivity index (χ4v) is 1.96. The van der Waals surface area contributed by atoms with Gasteiger partial charge in [0, 0.05) is 5.39 Å². The maximum atomic E-state index is 9.15. The predicted octanol–water partition coefficient (Wildman–Crippen LogP) is 2.41. The molecule has 0 bridgehead atoms. The molecule has 0 amide bonds. The number of benzene rings is 1. The SMILES string of the molecule is Cc1cnc(CNc2c(C#N)nnc3ccccc23)o1. The zero-order valence-corrected chi connectivity index (χ0v) is 10.8. The smallest absolute Gasteiger partial charge is 0.213 e. The van der Waals surface area contributed by atoms with Gasteiger partial charge in [0.2, 0.25) is 5.89 Å². The first-order valence-corrected chi connectivity index (χ1v) is 6.08. The Hall–Kier alpha value is -2.94. The van der Waals surface area contributed by atoms with Gasteiger partial charge in [-0.1, -0.05) is 18.2 Å². The Kier molecular flexibility index (Phi) is 3.01. The van der Waals surface area contributed by atoms with E-state index in [9.17, 15) is 0 Å². The van der Waals surface area contributed by atoms with E-state index < -0.39 is 0 Å². The number of anilines is 1. The van der Waals surface area contributed by atoms with Crippen molar-refractivity contribution in [1.29, 1.82) is 5.26 Å². The van der Waals surface area contributed by atoms with E-state index in [4.69, 9.17) is 9.68 Å². The van der Waals surface area contributed by atoms with Crippen LogP contribution in [-0.2, 0) is 6.54 Å². The van der Waals surface area contributed by atoms with Crippen LogP contribution in [0.5, 0.6) is 0 Å². The van der Waals surface area contributed by atoms with E-state index in [0.29, 0.717) is 18.1 Å². The largest absolute Gasteiger partial charge is 0.444 e. The molecule has 0 fully saturated rings. The number of aryl methyl sites for hydroxylation is 1. The van der Waals surface area contributed by atoms with E-state index in [1.807, 2.05) is 37.3 Å². The van der Waals surface area contributed by atoms with Crippen LogP contribution in [0.1, 0.15) is 17.3 Å². The zero-order valence-electron chi connectivity index (χ0n) is 10.8. The van der Waals surface area contributed by atoms with Crippen LogP contribution in [0.15, 0.2) is 34.9 Å². The van der Waals surface area contributed by atoms with Gasteiger partial charge < -0.3 is 9.73 Å². The number of nitrogens with zero attached hydrogens (tertiary/aromatic N) is 4.